The van der Waals surface area contributed by atoms with E-state index in [4.69, 9.17) is 13.9 Å². The zero-order valence-electron chi connectivity index (χ0n) is 15.2. The molecule has 0 bridgehead atoms. The van der Waals surface area contributed by atoms with Crippen molar-refractivity contribution in [3.8, 4) is 0 Å². The summed E-state index contributed by atoms with van der Waals surface area (Å²) in [5.74, 6) is 0.000701. The molecule has 1 heterocycles. The number of oxazole rings is 1. The number of aromatic nitrogens is 1. The number of nitrogens with zero attached hydrogens (tertiary/aromatic N) is 2. The molecular formula is C16H28N4O5. The number of methoxy groups -OCH3 is 2. The molecular weight excluding hydrogens is 328 g/mol. The molecule has 0 aliphatic carbocycles. The molecule has 9 heteroatoms. The number of urea groups is 1. The molecule has 9 nitrogen and oxygen atoms in total. The molecule has 0 aliphatic heterocycles. The van der Waals surface area contributed by atoms with Gasteiger partial charge in [0.05, 0.1) is 6.54 Å². The Morgan fingerprint density at radius 3 is 2.60 bits per heavy atom. The van der Waals surface area contributed by atoms with Gasteiger partial charge < -0.3 is 29.4 Å². The zero-order chi connectivity index (χ0) is 18.5. The first-order valence-corrected chi connectivity index (χ1v) is 8.35. The van der Waals surface area contributed by atoms with Crippen LogP contribution in [0, 0.1) is 0 Å². The number of carbonyl (C=O) groups is 2. The number of amides is 3. The van der Waals surface area contributed by atoms with E-state index < -0.39 is 0 Å². The van der Waals surface area contributed by atoms with Crippen LogP contribution in [-0.2, 0) is 16.0 Å². The first-order chi connectivity index (χ1) is 12.1. The van der Waals surface area contributed by atoms with Crippen LogP contribution in [0.5, 0.6) is 0 Å². The first kappa shape index (κ1) is 20.9. The van der Waals surface area contributed by atoms with E-state index in [-0.39, 0.29) is 24.2 Å². The smallest absolute Gasteiger partial charge is 0.317 e. The molecule has 0 saturated carbocycles. The van der Waals surface area contributed by atoms with E-state index in [0.29, 0.717) is 45.2 Å². The Bertz CT molecular complexity index is 520. The Labute approximate surface area is 148 Å². The third kappa shape index (κ3) is 7.99. The van der Waals surface area contributed by atoms with Gasteiger partial charge in [-0.25, -0.2) is 9.78 Å². The van der Waals surface area contributed by atoms with Crippen LogP contribution in [0.1, 0.15) is 36.1 Å². The van der Waals surface area contributed by atoms with Crippen molar-refractivity contribution >= 4 is 11.9 Å². The first-order valence-electron chi connectivity index (χ1n) is 8.35. The lowest BCUT2D eigenvalue weighted by atomic mass is 10.4. The number of rotatable bonds is 12. The van der Waals surface area contributed by atoms with Gasteiger partial charge in [-0.3, -0.25) is 4.79 Å². The fourth-order valence-electron chi connectivity index (χ4n) is 2.08. The SMILES string of the molecule is CCNC(=O)N(CCCOC)Cc1nc(C(=O)NCCCOC)co1. The lowest BCUT2D eigenvalue weighted by molar-refractivity contribution is 0.0943. The van der Waals surface area contributed by atoms with Crippen molar-refractivity contribution in [2.24, 2.45) is 0 Å². The van der Waals surface area contributed by atoms with Gasteiger partial charge in [0.1, 0.15) is 6.26 Å². The fraction of sp³-hybridized carbons (Fsp3) is 0.688. The van der Waals surface area contributed by atoms with Gasteiger partial charge in [-0.1, -0.05) is 0 Å². The zero-order valence-corrected chi connectivity index (χ0v) is 15.2. The second-order valence-electron chi connectivity index (χ2n) is 5.33. The Morgan fingerprint density at radius 2 is 1.92 bits per heavy atom. The minimum atomic E-state index is -0.310. The van der Waals surface area contributed by atoms with E-state index in [1.54, 1.807) is 19.1 Å². The van der Waals surface area contributed by atoms with Gasteiger partial charge in [0.2, 0.25) is 5.89 Å². The van der Waals surface area contributed by atoms with Crippen molar-refractivity contribution in [1.29, 1.82) is 0 Å². The molecule has 25 heavy (non-hydrogen) atoms. The Balaban J connectivity index is 2.58. The summed E-state index contributed by atoms with van der Waals surface area (Å²) in [6.45, 7) is 4.69. The maximum absolute atomic E-state index is 12.1. The molecule has 0 radical (unpaired) electrons. The van der Waals surface area contributed by atoms with Crippen LogP contribution < -0.4 is 10.6 Å². The van der Waals surface area contributed by atoms with Crippen LogP contribution in [0.15, 0.2) is 10.7 Å². The van der Waals surface area contributed by atoms with Gasteiger partial charge in [0, 0.05) is 47.1 Å². The van der Waals surface area contributed by atoms with Gasteiger partial charge in [0.25, 0.3) is 5.91 Å². The molecule has 0 fully saturated rings. The summed E-state index contributed by atoms with van der Waals surface area (Å²) in [7, 11) is 3.22. The van der Waals surface area contributed by atoms with Crippen molar-refractivity contribution in [3.05, 3.63) is 17.8 Å². The highest BCUT2D eigenvalue weighted by Crippen LogP contribution is 2.07. The normalized spacial score (nSPS) is 10.5. The highest BCUT2D eigenvalue weighted by molar-refractivity contribution is 5.91. The lowest BCUT2D eigenvalue weighted by Gasteiger charge is -2.21. The molecule has 0 atom stereocenters. The molecule has 0 unspecified atom stereocenters. The molecule has 142 valence electrons. The van der Waals surface area contributed by atoms with E-state index in [0.717, 1.165) is 6.42 Å². The van der Waals surface area contributed by atoms with E-state index in [2.05, 4.69) is 15.6 Å². The molecule has 3 amide bonds. The van der Waals surface area contributed by atoms with Crippen LogP contribution >= 0.6 is 0 Å². The van der Waals surface area contributed by atoms with Crippen LogP contribution in [0.3, 0.4) is 0 Å². The predicted molar refractivity (Wildman–Crippen MR) is 91.3 cm³/mol. The van der Waals surface area contributed by atoms with Gasteiger partial charge in [-0.05, 0) is 19.8 Å². The summed E-state index contributed by atoms with van der Waals surface area (Å²) in [6, 6.07) is -0.206. The van der Waals surface area contributed by atoms with Crippen molar-refractivity contribution in [3.63, 3.8) is 0 Å². The summed E-state index contributed by atoms with van der Waals surface area (Å²) < 4.78 is 15.3. The Hall–Kier alpha value is -2.13. The summed E-state index contributed by atoms with van der Waals surface area (Å²) >= 11 is 0. The predicted octanol–water partition coefficient (Wildman–Crippen LogP) is 1.01. The summed E-state index contributed by atoms with van der Waals surface area (Å²) in [5, 5.41) is 5.48. The monoisotopic (exact) mass is 356 g/mol. The minimum Gasteiger partial charge on any atom is -0.446 e. The molecule has 1 aromatic rings. The lowest BCUT2D eigenvalue weighted by Crippen LogP contribution is -2.40. The number of hydrogen-bond donors (Lipinski definition) is 2. The minimum absolute atomic E-state index is 0.187. The third-order valence-electron chi connectivity index (χ3n) is 3.31. The molecule has 0 spiro atoms. The van der Waals surface area contributed by atoms with Gasteiger partial charge in [-0.15, -0.1) is 0 Å². The number of nitrogens with one attached hydrogen (secondary N) is 2. The second kappa shape index (κ2) is 12.3. The number of hydrogen-bond acceptors (Lipinski definition) is 6. The van der Waals surface area contributed by atoms with Crippen LogP contribution in [0.2, 0.25) is 0 Å². The number of ether oxygens (including phenoxy) is 2. The largest absolute Gasteiger partial charge is 0.446 e. The van der Waals surface area contributed by atoms with E-state index in [1.807, 2.05) is 6.92 Å². The molecule has 1 rings (SSSR count). The van der Waals surface area contributed by atoms with Crippen LogP contribution in [-0.4, -0.2) is 68.9 Å². The van der Waals surface area contributed by atoms with Crippen LogP contribution in [0.25, 0.3) is 0 Å². The quantitative estimate of drug-likeness (QED) is 0.542. The highest BCUT2D eigenvalue weighted by atomic mass is 16.5. The van der Waals surface area contributed by atoms with E-state index >= 15 is 0 Å². The maximum atomic E-state index is 12.1. The van der Waals surface area contributed by atoms with E-state index in [9.17, 15) is 9.59 Å². The standard InChI is InChI=1S/C16H28N4O5/c1-4-17-16(22)20(8-6-10-24-3)11-14-19-13(12-25-14)15(21)18-7-5-9-23-2/h12H,4-11H2,1-3H3,(H,17,22)(H,18,21). The van der Waals surface area contributed by atoms with Crippen molar-refractivity contribution in [2.75, 3.05) is 47.1 Å². The van der Waals surface area contributed by atoms with Crippen molar-refractivity contribution in [2.45, 2.75) is 26.3 Å². The molecule has 2 N–H and O–H groups in total. The average molecular weight is 356 g/mol. The van der Waals surface area contributed by atoms with Gasteiger partial charge in [0.15, 0.2) is 5.69 Å². The molecule has 0 aromatic carbocycles. The third-order valence-corrected chi connectivity index (χ3v) is 3.31. The molecule has 1 aromatic heterocycles. The summed E-state index contributed by atoms with van der Waals surface area (Å²) in [6.07, 6.45) is 2.71. The van der Waals surface area contributed by atoms with E-state index in [1.165, 1.54) is 6.26 Å². The molecule has 0 saturated heterocycles. The van der Waals surface area contributed by atoms with Gasteiger partial charge in [-0.2, -0.15) is 0 Å². The van der Waals surface area contributed by atoms with Gasteiger partial charge >= 0.3 is 6.03 Å². The second-order valence-corrected chi connectivity index (χ2v) is 5.33. The molecule has 0 aliphatic rings. The van der Waals surface area contributed by atoms with Crippen molar-refractivity contribution < 1.29 is 23.5 Å². The topological polar surface area (TPSA) is 106 Å². The van der Waals surface area contributed by atoms with Crippen LogP contribution in [0.4, 0.5) is 4.79 Å². The fourth-order valence-corrected chi connectivity index (χ4v) is 2.08. The summed E-state index contributed by atoms with van der Waals surface area (Å²) in [4.78, 5) is 29.8. The summed E-state index contributed by atoms with van der Waals surface area (Å²) in [5.41, 5.74) is 0.195. The van der Waals surface area contributed by atoms with Crippen molar-refractivity contribution in [1.82, 2.24) is 20.5 Å². The Kier molecular flexibility index (Phi) is 10.3. The highest BCUT2D eigenvalue weighted by Gasteiger charge is 2.18. The maximum Gasteiger partial charge on any atom is 0.317 e. The Morgan fingerprint density at radius 1 is 1.20 bits per heavy atom. The number of carbonyl (C=O) groups excluding carboxylic acids is 2. The average Bonchev–Trinajstić information content (AvgIpc) is 3.07.